The van der Waals surface area contributed by atoms with Crippen molar-refractivity contribution in [2.75, 3.05) is 26.0 Å². The maximum atomic E-state index is 13.2. The van der Waals surface area contributed by atoms with Gasteiger partial charge in [-0.15, -0.1) is 0 Å². The number of hydrogen-bond donors (Lipinski definition) is 1. The van der Waals surface area contributed by atoms with Gasteiger partial charge < -0.3 is 14.7 Å². The third kappa shape index (κ3) is 7.85. The normalized spacial score (nSPS) is 12.3. The number of methoxy groups -OCH3 is 1. The molecule has 0 aromatic heterocycles. The molecule has 2 aromatic carbocycles. The number of esters is 1. The Hall–Kier alpha value is -2.94. The number of unbranched alkanes of at least 4 members (excludes halogenated alkanes) is 2. The molecule has 0 aliphatic heterocycles. The average Bonchev–Trinajstić information content (AvgIpc) is 2.79. The Kier molecular flexibility index (Phi) is 9.84. The first-order valence-corrected chi connectivity index (χ1v) is 12.6. The number of benzene rings is 2. The summed E-state index contributed by atoms with van der Waals surface area (Å²) in [6.07, 6.45) is 2.11. The van der Waals surface area contributed by atoms with E-state index in [1.165, 1.54) is 18.1 Å². The molecule has 8 nitrogen and oxygen atoms in total. The zero-order chi connectivity index (χ0) is 24.4. The summed E-state index contributed by atoms with van der Waals surface area (Å²) in [6, 6.07) is 12.1. The summed E-state index contributed by atoms with van der Waals surface area (Å²) in [6.45, 7) is 1.68. The van der Waals surface area contributed by atoms with Crippen LogP contribution in [0.25, 0.3) is 10.8 Å². The molecule has 33 heavy (non-hydrogen) atoms. The Morgan fingerprint density at radius 2 is 1.76 bits per heavy atom. The second kappa shape index (κ2) is 12.3. The lowest BCUT2D eigenvalue weighted by atomic mass is 10.0. The van der Waals surface area contributed by atoms with Gasteiger partial charge in [0, 0.05) is 13.0 Å². The Labute approximate surface area is 194 Å². The standard InChI is InChI=1S/C24H31NO7S/c1-3-4-7-14-25(16-22(26)27)24(29)20(11-13-23(28)32-2)17-33(30,31)21-12-10-18-8-5-6-9-19(18)15-21/h5-6,8-10,12,15,20H,3-4,7,11,13-14,16-17H2,1-2H3,(H,26,27). The fraction of sp³-hybridized carbons (Fsp3) is 0.458. The van der Waals surface area contributed by atoms with Crippen LogP contribution < -0.4 is 0 Å². The van der Waals surface area contributed by atoms with Crippen LogP contribution in [0.3, 0.4) is 0 Å². The Bertz CT molecular complexity index is 1080. The third-order valence-corrected chi connectivity index (χ3v) is 7.26. The van der Waals surface area contributed by atoms with E-state index >= 15 is 0 Å². The van der Waals surface area contributed by atoms with Gasteiger partial charge in [0.2, 0.25) is 5.91 Å². The molecular weight excluding hydrogens is 446 g/mol. The number of carbonyl (C=O) groups is 3. The predicted octanol–water partition coefficient (Wildman–Crippen LogP) is 3.29. The van der Waals surface area contributed by atoms with Crippen molar-refractivity contribution in [1.82, 2.24) is 4.90 Å². The highest BCUT2D eigenvalue weighted by molar-refractivity contribution is 7.91. The minimum Gasteiger partial charge on any atom is -0.480 e. The summed E-state index contributed by atoms with van der Waals surface area (Å²) in [5, 5.41) is 10.9. The van der Waals surface area contributed by atoms with E-state index in [0.29, 0.717) is 6.42 Å². The third-order valence-electron chi connectivity index (χ3n) is 5.44. The molecule has 1 amide bonds. The first-order chi connectivity index (χ1) is 15.7. The molecule has 0 fully saturated rings. The van der Waals surface area contributed by atoms with Crippen molar-refractivity contribution >= 4 is 38.5 Å². The van der Waals surface area contributed by atoms with Crippen molar-refractivity contribution < 1.29 is 32.6 Å². The van der Waals surface area contributed by atoms with Crippen LogP contribution in [-0.4, -0.2) is 62.2 Å². The number of carboxylic acids is 1. The topological polar surface area (TPSA) is 118 Å². The molecular formula is C24H31NO7S. The smallest absolute Gasteiger partial charge is 0.323 e. The van der Waals surface area contributed by atoms with Gasteiger partial charge in [-0.25, -0.2) is 8.42 Å². The number of fused-ring (bicyclic) bond motifs is 1. The van der Waals surface area contributed by atoms with Gasteiger partial charge in [0.25, 0.3) is 0 Å². The zero-order valence-electron chi connectivity index (χ0n) is 19.0. The molecule has 0 aliphatic carbocycles. The van der Waals surface area contributed by atoms with E-state index in [9.17, 15) is 27.9 Å². The molecule has 2 rings (SSSR count). The molecule has 0 heterocycles. The van der Waals surface area contributed by atoms with Crippen LogP contribution in [0.1, 0.15) is 39.0 Å². The van der Waals surface area contributed by atoms with E-state index in [1.54, 1.807) is 18.2 Å². The number of amides is 1. The Balaban J connectivity index is 2.32. The lowest BCUT2D eigenvalue weighted by Gasteiger charge is -2.26. The summed E-state index contributed by atoms with van der Waals surface area (Å²) >= 11 is 0. The number of sulfone groups is 1. The number of ether oxygens (including phenoxy) is 1. The minimum atomic E-state index is -3.88. The van der Waals surface area contributed by atoms with Gasteiger partial charge in [-0.2, -0.15) is 0 Å². The van der Waals surface area contributed by atoms with Crippen molar-refractivity contribution in [3.05, 3.63) is 42.5 Å². The summed E-state index contributed by atoms with van der Waals surface area (Å²) in [7, 11) is -2.67. The summed E-state index contributed by atoms with van der Waals surface area (Å²) < 4.78 is 31.1. The van der Waals surface area contributed by atoms with Gasteiger partial charge in [-0.3, -0.25) is 14.4 Å². The number of rotatable bonds is 13. The fourth-order valence-electron chi connectivity index (χ4n) is 3.64. The molecule has 1 unspecified atom stereocenters. The van der Waals surface area contributed by atoms with Crippen LogP contribution in [-0.2, 0) is 29.0 Å². The van der Waals surface area contributed by atoms with Crippen molar-refractivity contribution in [2.24, 2.45) is 5.92 Å². The quantitative estimate of drug-likeness (QED) is 0.347. The van der Waals surface area contributed by atoms with Crippen LogP contribution in [0.4, 0.5) is 0 Å². The van der Waals surface area contributed by atoms with E-state index in [0.717, 1.165) is 23.6 Å². The molecule has 0 radical (unpaired) electrons. The highest BCUT2D eigenvalue weighted by Gasteiger charge is 2.31. The molecule has 0 saturated carbocycles. The van der Waals surface area contributed by atoms with Crippen LogP contribution in [0, 0.1) is 5.92 Å². The minimum absolute atomic E-state index is 0.0534. The Morgan fingerprint density at radius 1 is 1.06 bits per heavy atom. The molecule has 1 atom stereocenters. The lowest BCUT2D eigenvalue weighted by Crippen LogP contribution is -2.42. The number of carboxylic acid groups (broad SMARTS) is 1. The molecule has 0 bridgehead atoms. The van der Waals surface area contributed by atoms with Gasteiger partial charge in [-0.05, 0) is 35.7 Å². The van der Waals surface area contributed by atoms with Crippen LogP contribution in [0.5, 0.6) is 0 Å². The maximum absolute atomic E-state index is 13.2. The molecule has 0 saturated heterocycles. The Morgan fingerprint density at radius 3 is 2.39 bits per heavy atom. The van der Waals surface area contributed by atoms with Gasteiger partial charge in [0.05, 0.1) is 23.7 Å². The van der Waals surface area contributed by atoms with Crippen LogP contribution in [0.2, 0.25) is 0 Å². The maximum Gasteiger partial charge on any atom is 0.323 e. The van der Waals surface area contributed by atoms with Gasteiger partial charge in [0.15, 0.2) is 9.84 Å². The SMILES string of the molecule is CCCCCN(CC(=O)O)C(=O)C(CCC(=O)OC)CS(=O)(=O)c1ccc2ccccc2c1. The monoisotopic (exact) mass is 477 g/mol. The highest BCUT2D eigenvalue weighted by atomic mass is 32.2. The summed E-state index contributed by atoms with van der Waals surface area (Å²) in [5.74, 6) is -3.91. The van der Waals surface area contributed by atoms with Crippen molar-refractivity contribution in [2.45, 2.75) is 43.9 Å². The molecule has 0 spiro atoms. The summed E-state index contributed by atoms with van der Waals surface area (Å²) in [4.78, 5) is 37.5. The first-order valence-electron chi connectivity index (χ1n) is 11.0. The van der Waals surface area contributed by atoms with E-state index in [4.69, 9.17) is 0 Å². The van der Waals surface area contributed by atoms with Crippen molar-refractivity contribution in [3.8, 4) is 0 Å². The molecule has 1 N–H and O–H groups in total. The number of carbonyl (C=O) groups excluding carboxylic acids is 2. The van der Waals surface area contributed by atoms with Crippen LogP contribution in [0.15, 0.2) is 47.4 Å². The van der Waals surface area contributed by atoms with E-state index in [2.05, 4.69) is 4.74 Å². The fourth-order valence-corrected chi connectivity index (χ4v) is 5.25. The van der Waals surface area contributed by atoms with Crippen molar-refractivity contribution in [3.63, 3.8) is 0 Å². The lowest BCUT2D eigenvalue weighted by molar-refractivity contribution is -0.147. The van der Waals surface area contributed by atoms with Gasteiger partial charge >= 0.3 is 11.9 Å². The largest absolute Gasteiger partial charge is 0.480 e. The predicted molar refractivity (Wildman–Crippen MR) is 124 cm³/mol. The van der Waals surface area contributed by atoms with Crippen LogP contribution >= 0.6 is 0 Å². The average molecular weight is 478 g/mol. The number of nitrogens with zero attached hydrogens (tertiary/aromatic N) is 1. The molecule has 9 heteroatoms. The van der Waals surface area contributed by atoms with E-state index in [-0.39, 0.29) is 24.3 Å². The van der Waals surface area contributed by atoms with Gasteiger partial charge in [-0.1, -0.05) is 50.1 Å². The molecule has 180 valence electrons. The van der Waals surface area contributed by atoms with Gasteiger partial charge in [0.1, 0.15) is 6.54 Å². The second-order valence-corrected chi connectivity index (χ2v) is 10.00. The highest BCUT2D eigenvalue weighted by Crippen LogP contribution is 2.24. The number of hydrogen-bond acceptors (Lipinski definition) is 6. The zero-order valence-corrected chi connectivity index (χ0v) is 19.8. The first kappa shape index (κ1) is 26.3. The molecule has 0 aliphatic rings. The summed E-state index contributed by atoms with van der Waals surface area (Å²) in [5.41, 5.74) is 0. The van der Waals surface area contributed by atoms with Crippen molar-refractivity contribution in [1.29, 1.82) is 0 Å². The number of aliphatic carboxylic acids is 1. The van der Waals surface area contributed by atoms with E-state index < -0.39 is 45.9 Å². The molecule has 2 aromatic rings. The van der Waals surface area contributed by atoms with E-state index in [1.807, 2.05) is 25.1 Å². The second-order valence-electron chi connectivity index (χ2n) is 7.96.